The van der Waals surface area contributed by atoms with E-state index in [4.69, 9.17) is 25.8 Å². The van der Waals surface area contributed by atoms with Gasteiger partial charge in [0.2, 0.25) is 0 Å². The second-order valence-electron chi connectivity index (χ2n) is 8.57. The zero-order valence-corrected chi connectivity index (χ0v) is 21.0. The summed E-state index contributed by atoms with van der Waals surface area (Å²) in [6.45, 7) is 3.93. The van der Waals surface area contributed by atoms with E-state index in [0.29, 0.717) is 36.7 Å². The molecule has 0 spiro atoms. The number of rotatable bonds is 8. The molecule has 0 unspecified atom stereocenters. The predicted molar refractivity (Wildman–Crippen MR) is 134 cm³/mol. The van der Waals surface area contributed by atoms with Gasteiger partial charge < -0.3 is 29.3 Å². The lowest BCUT2D eigenvalue weighted by atomic mass is 9.94. The molecule has 1 atom stereocenters. The number of carbonyl (C=O) groups is 2. The maximum atomic E-state index is 13.3. The zero-order chi connectivity index (χ0) is 25.8. The molecule has 192 valence electrons. The number of hydrogen-bond donors (Lipinski definition) is 2. The normalized spacial score (nSPS) is 20.1. The molecule has 0 saturated carbocycles. The highest BCUT2D eigenvalue weighted by atomic mass is 35.5. The average molecular weight is 517 g/mol. The molecule has 0 aromatic heterocycles. The van der Waals surface area contributed by atoms with Crippen LogP contribution in [-0.2, 0) is 14.3 Å². The minimum atomic E-state index is -0.960. The molecule has 0 radical (unpaired) electrons. The number of aliphatic hydroxyl groups excluding tert-OH is 1. The zero-order valence-electron chi connectivity index (χ0n) is 20.2. The molecule has 2 N–H and O–H groups in total. The highest BCUT2D eigenvalue weighted by molar-refractivity contribution is 6.46. The van der Waals surface area contributed by atoms with E-state index in [9.17, 15) is 19.8 Å². The number of halogens is 1. The van der Waals surface area contributed by atoms with Gasteiger partial charge in [0, 0.05) is 36.8 Å². The second-order valence-corrected chi connectivity index (χ2v) is 9.01. The molecule has 1 amide bonds. The van der Waals surface area contributed by atoms with E-state index < -0.39 is 23.5 Å². The number of ketones is 1. The molecule has 2 aliphatic heterocycles. The molecule has 2 aliphatic rings. The first-order chi connectivity index (χ1) is 17.3. The number of phenols is 1. The molecule has 2 fully saturated rings. The van der Waals surface area contributed by atoms with Crippen molar-refractivity contribution in [1.29, 1.82) is 0 Å². The largest absolute Gasteiger partial charge is 0.507 e. The van der Waals surface area contributed by atoms with Gasteiger partial charge in [-0.15, -0.1) is 0 Å². The lowest BCUT2D eigenvalue weighted by Crippen LogP contribution is -2.39. The molecule has 2 saturated heterocycles. The number of methoxy groups -OCH3 is 2. The number of hydrogen-bond acceptors (Lipinski definition) is 8. The van der Waals surface area contributed by atoms with E-state index in [1.807, 2.05) is 0 Å². The first kappa shape index (κ1) is 25.8. The van der Waals surface area contributed by atoms with E-state index in [2.05, 4.69) is 4.90 Å². The Labute approximate surface area is 214 Å². The highest BCUT2D eigenvalue weighted by Crippen LogP contribution is 2.45. The summed E-state index contributed by atoms with van der Waals surface area (Å²) in [6, 6.07) is 8.22. The van der Waals surface area contributed by atoms with Crippen LogP contribution in [0.25, 0.3) is 5.76 Å². The number of morpholine rings is 1. The Morgan fingerprint density at radius 2 is 1.83 bits per heavy atom. The van der Waals surface area contributed by atoms with Gasteiger partial charge in [-0.3, -0.25) is 14.5 Å². The Kier molecular flexibility index (Phi) is 8.03. The number of Topliss-reactive ketones (excluding diaryl/α,β-unsaturated/α-hetero) is 1. The van der Waals surface area contributed by atoms with Crippen LogP contribution < -0.4 is 9.47 Å². The van der Waals surface area contributed by atoms with Crippen LogP contribution >= 0.6 is 11.6 Å². The van der Waals surface area contributed by atoms with Gasteiger partial charge >= 0.3 is 0 Å². The van der Waals surface area contributed by atoms with Crippen molar-refractivity contribution in [1.82, 2.24) is 9.80 Å². The molecular weight excluding hydrogens is 488 g/mol. The van der Waals surface area contributed by atoms with Gasteiger partial charge in [0.05, 0.1) is 44.6 Å². The topological polar surface area (TPSA) is 109 Å². The van der Waals surface area contributed by atoms with Gasteiger partial charge in [-0.05, 0) is 42.8 Å². The first-order valence-corrected chi connectivity index (χ1v) is 12.0. The molecule has 9 nitrogen and oxygen atoms in total. The third kappa shape index (κ3) is 5.13. The van der Waals surface area contributed by atoms with Crippen LogP contribution in [0.15, 0.2) is 42.0 Å². The Balaban J connectivity index is 1.79. The fourth-order valence-corrected chi connectivity index (χ4v) is 4.79. The predicted octanol–water partition coefficient (Wildman–Crippen LogP) is 3.21. The maximum absolute atomic E-state index is 13.3. The van der Waals surface area contributed by atoms with Crippen molar-refractivity contribution < 1.29 is 34.0 Å². The molecule has 0 aliphatic carbocycles. The van der Waals surface area contributed by atoms with E-state index in [-0.39, 0.29) is 28.5 Å². The van der Waals surface area contributed by atoms with Crippen LogP contribution in [0.4, 0.5) is 0 Å². The summed E-state index contributed by atoms with van der Waals surface area (Å²) in [7, 11) is 2.99. The minimum Gasteiger partial charge on any atom is -0.507 e. The van der Waals surface area contributed by atoms with Gasteiger partial charge in [-0.1, -0.05) is 11.6 Å². The average Bonchev–Trinajstić information content (AvgIpc) is 3.14. The summed E-state index contributed by atoms with van der Waals surface area (Å²) in [6.07, 6.45) is 0.609. The molecule has 2 heterocycles. The lowest BCUT2D eigenvalue weighted by molar-refractivity contribution is -0.140. The Hall–Kier alpha value is -3.27. The van der Waals surface area contributed by atoms with E-state index in [1.54, 1.807) is 18.2 Å². The number of ether oxygens (including phenoxy) is 3. The number of likely N-dealkylation sites (tertiary alicyclic amines) is 1. The minimum absolute atomic E-state index is 0.0410. The fraction of sp³-hybridized carbons (Fsp3) is 0.385. The Bertz CT molecular complexity index is 1180. The van der Waals surface area contributed by atoms with E-state index in [1.165, 1.54) is 37.3 Å². The summed E-state index contributed by atoms with van der Waals surface area (Å²) < 4.78 is 16.3. The van der Waals surface area contributed by atoms with Crippen LogP contribution in [0, 0.1) is 0 Å². The van der Waals surface area contributed by atoms with E-state index >= 15 is 0 Å². The summed E-state index contributed by atoms with van der Waals surface area (Å²) in [4.78, 5) is 30.2. The van der Waals surface area contributed by atoms with Gasteiger partial charge in [-0.25, -0.2) is 0 Å². The number of amides is 1. The smallest absolute Gasteiger partial charge is 0.295 e. The number of benzene rings is 2. The van der Waals surface area contributed by atoms with Crippen molar-refractivity contribution in [2.75, 3.05) is 53.6 Å². The number of aromatic hydroxyl groups is 1. The quantitative estimate of drug-likeness (QED) is 0.313. The van der Waals surface area contributed by atoms with Crippen LogP contribution in [-0.4, -0.2) is 85.3 Å². The summed E-state index contributed by atoms with van der Waals surface area (Å²) >= 11 is 6.09. The molecule has 2 aromatic carbocycles. The molecule has 2 aromatic rings. The van der Waals surface area contributed by atoms with Crippen molar-refractivity contribution in [2.24, 2.45) is 0 Å². The van der Waals surface area contributed by atoms with Crippen molar-refractivity contribution in [2.45, 2.75) is 12.5 Å². The molecule has 36 heavy (non-hydrogen) atoms. The van der Waals surface area contributed by atoms with Crippen molar-refractivity contribution in [3.05, 3.63) is 58.1 Å². The van der Waals surface area contributed by atoms with Gasteiger partial charge in [0.25, 0.3) is 11.7 Å². The van der Waals surface area contributed by atoms with Gasteiger partial charge in [0.1, 0.15) is 23.0 Å². The number of phenolic OH excluding ortho intramolecular Hbond substituents is 1. The van der Waals surface area contributed by atoms with Crippen LogP contribution in [0.2, 0.25) is 5.02 Å². The fourth-order valence-electron chi connectivity index (χ4n) is 4.62. The van der Waals surface area contributed by atoms with Crippen LogP contribution in [0.3, 0.4) is 0 Å². The van der Waals surface area contributed by atoms with E-state index in [0.717, 1.165) is 19.6 Å². The van der Waals surface area contributed by atoms with Gasteiger partial charge in [-0.2, -0.15) is 0 Å². The monoisotopic (exact) mass is 516 g/mol. The Morgan fingerprint density at radius 3 is 2.53 bits per heavy atom. The van der Waals surface area contributed by atoms with Crippen molar-refractivity contribution >= 4 is 29.1 Å². The lowest BCUT2D eigenvalue weighted by Gasteiger charge is -2.29. The number of nitrogens with zero attached hydrogens (tertiary/aromatic N) is 2. The van der Waals surface area contributed by atoms with Crippen molar-refractivity contribution in [3.63, 3.8) is 0 Å². The first-order valence-electron chi connectivity index (χ1n) is 11.6. The third-order valence-electron chi connectivity index (χ3n) is 6.46. The second kappa shape index (κ2) is 11.2. The summed E-state index contributed by atoms with van der Waals surface area (Å²) in [5, 5.41) is 21.9. The Morgan fingerprint density at radius 1 is 1.08 bits per heavy atom. The summed E-state index contributed by atoms with van der Waals surface area (Å²) in [5.74, 6) is -1.47. The molecular formula is C26H29ClN2O7. The van der Waals surface area contributed by atoms with Crippen LogP contribution in [0.1, 0.15) is 23.6 Å². The van der Waals surface area contributed by atoms with Crippen molar-refractivity contribution in [3.8, 4) is 17.2 Å². The van der Waals surface area contributed by atoms with Gasteiger partial charge in [0.15, 0.2) is 0 Å². The maximum Gasteiger partial charge on any atom is 0.295 e. The summed E-state index contributed by atoms with van der Waals surface area (Å²) in [5.41, 5.74) is 0.279. The number of aliphatic hydroxyl groups is 1. The molecule has 4 rings (SSSR count). The SMILES string of the molecule is COc1ccc(OC)c([C@H]2C(=C(O)c3cc(Cl)ccc3O)C(=O)C(=O)N2CCCN2CCOCC2)c1. The third-order valence-corrected chi connectivity index (χ3v) is 6.70. The standard InChI is InChI=1S/C26H29ClN2O7/c1-34-17-5-7-21(35-2)19(15-17)23-22(24(31)18-14-16(27)4-6-20(18)30)25(32)26(33)29(23)9-3-8-28-10-12-36-13-11-28/h4-7,14-15,23,30-31H,3,8-13H2,1-2H3/t23-/m0/s1. The van der Waals surface area contributed by atoms with Crippen LogP contribution in [0.5, 0.6) is 17.2 Å². The molecule has 0 bridgehead atoms. The highest BCUT2D eigenvalue weighted by Gasteiger charge is 2.47. The molecule has 10 heteroatoms. The number of carbonyl (C=O) groups excluding carboxylic acids is 2.